The van der Waals surface area contributed by atoms with Gasteiger partial charge in [-0.25, -0.2) is 0 Å². The zero-order chi connectivity index (χ0) is 16.6. The number of rotatable bonds is 2. The van der Waals surface area contributed by atoms with Crippen LogP contribution in [0.15, 0.2) is 23.0 Å². The second-order valence-electron chi connectivity index (χ2n) is 6.52. The summed E-state index contributed by atoms with van der Waals surface area (Å²) in [6.45, 7) is 4.44. The van der Waals surface area contributed by atoms with Gasteiger partial charge in [0.1, 0.15) is 0 Å². The summed E-state index contributed by atoms with van der Waals surface area (Å²) in [5.41, 5.74) is 0.876. The van der Waals surface area contributed by atoms with Crippen LogP contribution in [0.2, 0.25) is 0 Å². The van der Waals surface area contributed by atoms with Crippen LogP contribution in [0, 0.1) is 16.6 Å². The lowest BCUT2D eigenvalue weighted by molar-refractivity contribution is 0.0891. The zero-order valence-corrected chi connectivity index (χ0v) is 14.1. The van der Waals surface area contributed by atoms with Gasteiger partial charge in [0.05, 0.1) is 10.9 Å². The van der Waals surface area contributed by atoms with Crippen LogP contribution in [0.4, 0.5) is 0 Å². The molecule has 1 saturated carbocycles. The topological polar surface area (TPSA) is 77.8 Å². The molecule has 1 aromatic carbocycles. The number of fused-ring (bicyclic) bond motifs is 1. The summed E-state index contributed by atoms with van der Waals surface area (Å²) >= 11 is 4.98. The second kappa shape index (κ2) is 6.28. The lowest BCUT2D eigenvalue weighted by Gasteiger charge is -2.34. The molecular formula is C17H21N3O2S. The summed E-state index contributed by atoms with van der Waals surface area (Å²) in [5.74, 6) is 1.000. The van der Waals surface area contributed by atoms with Crippen LogP contribution in [0.1, 0.15) is 43.5 Å². The normalized spacial score (nSPS) is 24.5. The summed E-state index contributed by atoms with van der Waals surface area (Å²) in [6, 6.07) is 5.23. The lowest BCUT2D eigenvalue weighted by Crippen LogP contribution is -2.43. The average Bonchev–Trinajstić information content (AvgIpc) is 2.51. The van der Waals surface area contributed by atoms with Crippen molar-refractivity contribution >= 4 is 29.0 Å². The standard InChI is InChI=1S/C17H21N3O2S/c1-9-4-3-5-13(10(9)2)18-15(21)11-6-7-12-14(8-11)19-17(23)20-16(12)22/h6-10,13H,3-5H2,1-2H3,(H,18,21)(H2,19,20,22,23)/t9-,10-,13+/m1/s1. The second-order valence-corrected chi connectivity index (χ2v) is 6.92. The number of hydrogen-bond acceptors (Lipinski definition) is 3. The smallest absolute Gasteiger partial charge is 0.259 e. The molecule has 0 unspecified atom stereocenters. The number of carbonyl (C=O) groups is 1. The Morgan fingerprint density at radius 2 is 2.04 bits per heavy atom. The quantitative estimate of drug-likeness (QED) is 0.740. The summed E-state index contributed by atoms with van der Waals surface area (Å²) in [5, 5.41) is 3.64. The van der Waals surface area contributed by atoms with Gasteiger partial charge in [-0.1, -0.05) is 26.7 Å². The first kappa shape index (κ1) is 15.9. The van der Waals surface area contributed by atoms with E-state index in [1.807, 2.05) is 0 Å². The van der Waals surface area contributed by atoms with Gasteiger partial charge in [0, 0.05) is 11.6 Å². The molecule has 2 aromatic rings. The van der Waals surface area contributed by atoms with Crippen LogP contribution in [0.3, 0.4) is 0 Å². The highest BCUT2D eigenvalue weighted by Gasteiger charge is 2.28. The van der Waals surface area contributed by atoms with E-state index in [1.54, 1.807) is 18.2 Å². The van der Waals surface area contributed by atoms with Gasteiger partial charge >= 0.3 is 0 Å². The minimum atomic E-state index is -0.245. The van der Waals surface area contributed by atoms with Gasteiger partial charge in [-0.3, -0.25) is 14.6 Å². The number of amides is 1. The first-order valence-electron chi connectivity index (χ1n) is 8.03. The van der Waals surface area contributed by atoms with Crippen molar-refractivity contribution in [1.29, 1.82) is 0 Å². The summed E-state index contributed by atoms with van der Waals surface area (Å²) in [7, 11) is 0. The van der Waals surface area contributed by atoms with E-state index in [1.165, 1.54) is 6.42 Å². The van der Waals surface area contributed by atoms with E-state index >= 15 is 0 Å². The minimum absolute atomic E-state index is 0.0996. The Morgan fingerprint density at radius 1 is 1.26 bits per heavy atom. The molecule has 0 spiro atoms. The molecule has 1 fully saturated rings. The molecule has 1 aromatic heterocycles. The van der Waals surface area contributed by atoms with Gasteiger partial charge in [0.25, 0.3) is 11.5 Å². The van der Waals surface area contributed by atoms with Gasteiger partial charge in [0.2, 0.25) is 0 Å². The minimum Gasteiger partial charge on any atom is -0.349 e. The van der Waals surface area contributed by atoms with Gasteiger partial charge in [-0.2, -0.15) is 0 Å². The Bertz CT molecular complexity index is 855. The first-order valence-corrected chi connectivity index (χ1v) is 8.44. The van der Waals surface area contributed by atoms with Crippen LogP contribution in [-0.2, 0) is 0 Å². The van der Waals surface area contributed by atoms with Gasteiger partial charge < -0.3 is 10.3 Å². The third-order valence-electron chi connectivity index (χ3n) is 5.02. The summed E-state index contributed by atoms with van der Waals surface area (Å²) in [6.07, 6.45) is 3.40. The Hall–Kier alpha value is -1.95. The van der Waals surface area contributed by atoms with Crippen molar-refractivity contribution in [3.8, 4) is 0 Å². The molecule has 1 aliphatic carbocycles. The van der Waals surface area contributed by atoms with E-state index in [9.17, 15) is 9.59 Å². The highest BCUT2D eigenvalue weighted by molar-refractivity contribution is 7.71. The van der Waals surface area contributed by atoms with Crippen LogP contribution < -0.4 is 10.9 Å². The maximum absolute atomic E-state index is 12.5. The van der Waals surface area contributed by atoms with Crippen molar-refractivity contribution in [3.05, 3.63) is 38.9 Å². The number of benzene rings is 1. The molecule has 0 saturated heterocycles. The Balaban J connectivity index is 1.86. The fourth-order valence-corrected chi connectivity index (χ4v) is 3.55. The van der Waals surface area contributed by atoms with Gasteiger partial charge in [-0.05, 0) is 48.7 Å². The molecule has 5 nitrogen and oxygen atoms in total. The fraction of sp³-hybridized carbons (Fsp3) is 0.471. The van der Waals surface area contributed by atoms with Gasteiger partial charge in [-0.15, -0.1) is 0 Å². The van der Waals surface area contributed by atoms with E-state index < -0.39 is 0 Å². The number of aromatic nitrogens is 2. The Labute approximate surface area is 139 Å². The number of carbonyl (C=O) groups excluding carboxylic acids is 1. The third kappa shape index (κ3) is 3.22. The van der Waals surface area contributed by atoms with Crippen molar-refractivity contribution < 1.29 is 4.79 Å². The molecule has 0 radical (unpaired) electrons. The molecule has 1 aliphatic rings. The monoisotopic (exact) mass is 331 g/mol. The summed E-state index contributed by atoms with van der Waals surface area (Å²) in [4.78, 5) is 29.8. The maximum atomic E-state index is 12.5. The molecule has 122 valence electrons. The van der Waals surface area contributed by atoms with Crippen molar-refractivity contribution in [3.63, 3.8) is 0 Å². The predicted octanol–water partition coefficient (Wildman–Crippen LogP) is 3.14. The molecule has 0 bridgehead atoms. The van der Waals surface area contributed by atoms with E-state index in [2.05, 4.69) is 29.1 Å². The highest BCUT2D eigenvalue weighted by atomic mass is 32.1. The van der Waals surface area contributed by atoms with Crippen molar-refractivity contribution in [2.75, 3.05) is 0 Å². The SMILES string of the molecule is C[C@@H]1[C@H](C)CCC[C@@H]1NC(=O)c1ccc2c(=O)[nH]c(=S)[nH]c2c1. The van der Waals surface area contributed by atoms with E-state index in [4.69, 9.17) is 12.2 Å². The molecular weight excluding hydrogens is 310 g/mol. The third-order valence-corrected chi connectivity index (χ3v) is 5.23. The fourth-order valence-electron chi connectivity index (χ4n) is 3.35. The molecule has 3 rings (SSSR count). The molecule has 0 aliphatic heterocycles. The molecule has 3 atom stereocenters. The lowest BCUT2D eigenvalue weighted by atomic mass is 9.78. The Kier molecular flexibility index (Phi) is 4.35. The average molecular weight is 331 g/mol. The van der Waals surface area contributed by atoms with E-state index in [-0.39, 0.29) is 22.3 Å². The maximum Gasteiger partial charge on any atom is 0.259 e. The van der Waals surface area contributed by atoms with E-state index in [0.29, 0.717) is 28.3 Å². The largest absolute Gasteiger partial charge is 0.349 e. The number of nitrogens with one attached hydrogen (secondary N) is 3. The number of H-pyrrole nitrogens is 2. The van der Waals surface area contributed by atoms with Crippen LogP contribution in [-0.4, -0.2) is 21.9 Å². The zero-order valence-electron chi connectivity index (χ0n) is 13.3. The van der Waals surface area contributed by atoms with Crippen LogP contribution in [0.5, 0.6) is 0 Å². The molecule has 1 amide bonds. The number of aromatic amines is 2. The number of hydrogen-bond donors (Lipinski definition) is 3. The van der Waals surface area contributed by atoms with Crippen LogP contribution >= 0.6 is 12.2 Å². The molecule has 6 heteroatoms. The molecule has 1 heterocycles. The van der Waals surface area contributed by atoms with Gasteiger partial charge in [0.15, 0.2) is 4.77 Å². The van der Waals surface area contributed by atoms with Crippen molar-refractivity contribution in [2.24, 2.45) is 11.8 Å². The predicted molar refractivity (Wildman–Crippen MR) is 93.2 cm³/mol. The first-order chi connectivity index (χ1) is 11.0. The highest BCUT2D eigenvalue weighted by Crippen LogP contribution is 2.29. The summed E-state index contributed by atoms with van der Waals surface area (Å²) < 4.78 is 0.259. The van der Waals surface area contributed by atoms with Crippen molar-refractivity contribution in [1.82, 2.24) is 15.3 Å². The van der Waals surface area contributed by atoms with E-state index in [0.717, 1.165) is 12.8 Å². The molecule has 23 heavy (non-hydrogen) atoms. The Morgan fingerprint density at radius 3 is 2.83 bits per heavy atom. The molecule has 3 N–H and O–H groups in total. The van der Waals surface area contributed by atoms with Crippen LogP contribution in [0.25, 0.3) is 10.9 Å². The van der Waals surface area contributed by atoms with Crippen molar-refractivity contribution in [2.45, 2.75) is 39.2 Å².